The number of carbonyl (C=O) groups excluding carboxylic acids is 1. The molecular formula is C14H26O4. The lowest BCUT2D eigenvalue weighted by Gasteiger charge is -2.19. The first-order valence-corrected chi connectivity index (χ1v) is 7.05. The molecule has 0 aliphatic carbocycles. The Bertz CT molecular complexity index is 254. The van der Waals surface area contributed by atoms with Crippen LogP contribution in [0.15, 0.2) is 0 Å². The van der Waals surface area contributed by atoms with E-state index in [4.69, 9.17) is 9.84 Å². The summed E-state index contributed by atoms with van der Waals surface area (Å²) in [7, 11) is 0. The predicted octanol–water partition coefficient (Wildman–Crippen LogP) is 1.74. The molecule has 4 unspecified atom stereocenters. The quantitative estimate of drug-likeness (QED) is 0.514. The van der Waals surface area contributed by atoms with Crippen molar-refractivity contribution in [1.82, 2.24) is 0 Å². The SMILES string of the molecule is CCC(C)CCCCC(O)C1C(=O)OCC1CO. The zero-order valence-electron chi connectivity index (χ0n) is 11.5. The molecule has 0 spiro atoms. The molecule has 0 bridgehead atoms. The van der Waals surface area contributed by atoms with Crippen molar-refractivity contribution in [2.45, 2.75) is 52.1 Å². The fourth-order valence-electron chi connectivity index (χ4n) is 2.45. The van der Waals surface area contributed by atoms with Gasteiger partial charge in [0.2, 0.25) is 0 Å². The number of esters is 1. The van der Waals surface area contributed by atoms with Crippen LogP contribution in [0.1, 0.15) is 46.0 Å². The molecule has 106 valence electrons. The third-order valence-electron chi connectivity index (χ3n) is 4.01. The van der Waals surface area contributed by atoms with E-state index in [1.807, 2.05) is 0 Å². The first-order valence-electron chi connectivity index (χ1n) is 7.05. The molecule has 4 heteroatoms. The van der Waals surface area contributed by atoms with Gasteiger partial charge in [0, 0.05) is 5.92 Å². The van der Waals surface area contributed by atoms with Crippen molar-refractivity contribution in [3.05, 3.63) is 0 Å². The summed E-state index contributed by atoms with van der Waals surface area (Å²) in [6.45, 7) is 4.55. The number of aliphatic hydroxyl groups excluding tert-OH is 2. The topological polar surface area (TPSA) is 66.8 Å². The molecule has 0 aromatic rings. The highest BCUT2D eigenvalue weighted by Crippen LogP contribution is 2.27. The lowest BCUT2D eigenvalue weighted by Crippen LogP contribution is -2.31. The highest BCUT2D eigenvalue weighted by atomic mass is 16.5. The standard InChI is InChI=1S/C14H26O4/c1-3-10(2)6-4-5-7-12(16)13-11(8-15)9-18-14(13)17/h10-13,15-16H,3-9H2,1-2H3. The average Bonchev–Trinajstić information content (AvgIpc) is 2.75. The van der Waals surface area contributed by atoms with Crippen LogP contribution in [0.3, 0.4) is 0 Å². The molecule has 1 saturated heterocycles. The Labute approximate surface area is 109 Å². The Hall–Kier alpha value is -0.610. The van der Waals surface area contributed by atoms with Gasteiger partial charge >= 0.3 is 5.97 Å². The summed E-state index contributed by atoms with van der Waals surface area (Å²) in [5.74, 6) is -0.395. The van der Waals surface area contributed by atoms with Crippen LogP contribution in [0.5, 0.6) is 0 Å². The summed E-state index contributed by atoms with van der Waals surface area (Å²) in [5.41, 5.74) is 0. The van der Waals surface area contributed by atoms with Gasteiger partial charge in [-0.25, -0.2) is 0 Å². The summed E-state index contributed by atoms with van der Waals surface area (Å²) in [5, 5.41) is 19.2. The van der Waals surface area contributed by atoms with E-state index in [2.05, 4.69) is 13.8 Å². The van der Waals surface area contributed by atoms with Crippen LogP contribution in [-0.4, -0.2) is 35.5 Å². The van der Waals surface area contributed by atoms with Crippen molar-refractivity contribution in [2.24, 2.45) is 17.8 Å². The number of aliphatic hydroxyl groups is 2. The highest BCUT2D eigenvalue weighted by Gasteiger charge is 2.41. The number of carbonyl (C=O) groups is 1. The summed E-state index contributed by atoms with van der Waals surface area (Å²) in [6.07, 6.45) is 4.30. The third kappa shape index (κ3) is 4.25. The molecule has 0 aromatic heterocycles. The van der Waals surface area contributed by atoms with E-state index in [1.54, 1.807) is 0 Å². The minimum Gasteiger partial charge on any atom is -0.465 e. The number of ether oxygens (including phenoxy) is 1. The second-order valence-electron chi connectivity index (χ2n) is 5.46. The Morgan fingerprint density at radius 1 is 1.39 bits per heavy atom. The Morgan fingerprint density at radius 3 is 2.67 bits per heavy atom. The fourth-order valence-corrected chi connectivity index (χ4v) is 2.45. The molecule has 0 radical (unpaired) electrons. The van der Waals surface area contributed by atoms with Gasteiger partial charge in [-0.05, 0) is 12.3 Å². The largest absolute Gasteiger partial charge is 0.465 e. The number of cyclic esters (lactones) is 1. The second kappa shape index (κ2) is 7.74. The van der Waals surface area contributed by atoms with Crippen molar-refractivity contribution < 1.29 is 19.7 Å². The monoisotopic (exact) mass is 258 g/mol. The number of hydrogen-bond acceptors (Lipinski definition) is 4. The zero-order chi connectivity index (χ0) is 13.5. The van der Waals surface area contributed by atoms with Gasteiger partial charge in [-0.2, -0.15) is 0 Å². The maximum Gasteiger partial charge on any atom is 0.312 e. The van der Waals surface area contributed by atoms with E-state index >= 15 is 0 Å². The van der Waals surface area contributed by atoms with Crippen molar-refractivity contribution in [2.75, 3.05) is 13.2 Å². The molecule has 1 rings (SSSR count). The molecule has 0 amide bonds. The molecule has 0 aromatic carbocycles. The van der Waals surface area contributed by atoms with Gasteiger partial charge in [0.1, 0.15) is 0 Å². The van der Waals surface area contributed by atoms with Gasteiger partial charge < -0.3 is 14.9 Å². The van der Waals surface area contributed by atoms with E-state index in [1.165, 1.54) is 12.8 Å². The van der Waals surface area contributed by atoms with E-state index < -0.39 is 12.0 Å². The summed E-state index contributed by atoms with van der Waals surface area (Å²) >= 11 is 0. The van der Waals surface area contributed by atoms with Crippen LogP contribution in [0.4, 0.5) is 0 Å². The highest BCUT2D eigenvalue weighted by molar-refractivity contribution is 5.75. The fraction of sp³-hybridized carbons (Fsp3) is 0.929. The van der Waals surface area contributed by atoms with Gasteiger partial charge in [-0.1, -0.05) is 39.5 Å². The normalized spacial score (nSPS) is 27.0. The molecule has 4 nitrogen and oxygen atoms in total. The van der Waals surface area contributed by atoms with Crippen LogP contribution >= 0.6 is 0 Å². The lowest BCUT2D eigenvalue weighted by atomic mass is 9.87. The summed E-state index contributed by atoms with van der Waals surface area (Å²) in [6, 6.07) is 0. The second-order valence-corrected chi connectivity index (χ2v) is 5.46. The molecule has 1 fully saturated rings. The van der Waals surface area contributed by atoms with Gasteiger partial charge in [0.05, 0.1) is 25.2 Å². The molecule has 1 heterocycles. The van der Waals surface area contributed by atoms with Gasteiger partial charge in [0.15, 0.2) is 0 Å². The Morgan fingerprint density at radius 2 is 2.06 bits per heavy atom. The number of unbranched alkanes of at least 4 members (excludes halogenated alkanes) is 1. The minimum absolute atomic E-state index is 0.0969. The van der Waals surface area contributed by atoms with Crippen molar-refractivity contribution in [3.63, 3.8) is 0 Å². The van der Waals surface area contributed by atoms with Crippen molar-refractivity contribution >= 4 is 5.97 Å². The first kappa shape index (κ1) is 15.4. The molecular weight excluding hydrogens is 232 g/mol. The van der Waals surface area contributed by atoms with Crippen LogP contribution in [0.2, 0.25) is 0 Å². The molecule has 4 atom stereocenters. The number of rotatable bonds is 8. The molecule has 18 heavy (non-hydrogen) atoms. The minimum atomic E-state index is -0.672. The molecule has 1 aliphatic heterocycles. The van der Waals surface area contributed by atoms with E-state index in [0.29, 0.717) is 6.42 Å². The first-order chi connectivity index (χ1) is 8.60. The van der Waals surface area contributed by atoms with Crippen LogP contribution < -0.4 is 0 Å². The smallest absolute Gasteiger partial charge is 0.312 e. The number of hydrogen-bond donors (Lipinski definition) is 2. The van der Waals surface area contributed by atoms with Gasteiger partial charge in [0.25, 0.3) is 0 Å². The van der Waals surface area contributed by atoms with Crippen molar-refractivity contribution in [3.8, 4) is 0 Å². The molecule has 1 aliphatic rings. The Kier molecular flexibility index (Phi) is 6.65. The van der Waals surface area contributed by atoms with Crippen LogP contribution in [0.25, 0.3) is 0 Å². The van der Waals surface area contributed by atoms with Crippen molar-refractivity contribution in [1.29, 1.82) is 0 Å². The Balaban J connectivity index is 2.27. The molecule has 2 N–H and O–H groups in total. The predicted molar refractivity (Wildman–Crippen MR) is 69.0 cm³/mol. The lowest BCUT2D eigenvalue weighted by molar-refractivity contribution is -0.144. The van der Waals surface area contributed by atoms with E-state index in [-0.39, 0.29) is 25.1 Å². The van der Waals surface area contributed by atoms with E-state index in [9.17, 15) is 9.90 Å². The summed E-state index contributed by atoms with van der Waals surface area (Å²) < 4.78 is 4.89. The van der Waals surface area contributed by atoms with Gasteiger partial charge in [-0.3, -0.25) is 4.79 Å². The van der Waals surface area contributed by atoms with Crippen LogP contribution in [-0.2, 0) is 9.53 Å². The summed E-state index contributed by atoms with van der Waals surface area (Å²) in [4.78, 5) is 11.5. The maximum atomic E-state index is 11.5. The third-order valence-corrected chi connectivity index (χ3v) is 4.01. The maximum absolute atomic E-state index is 11.5. The van der Waals surface area contributed by atoms with E-state index in [0.717, 1.165) is 18.8 Å². The van der Waals surface area contributed by atoms with Crippen LogP contribution in [0, 0.1) is 17.8 Å². The average molecular weight is 258 g/mol. The molecule has 0 saturated carbocycles. The van der Waals surface area contributed by atoms with Gasteiger partial charge in [-0.15, -0.1) is 0 Å². The zero-order valence-corrected chi connectivity index (χ0v) is 11.5.